The number of aromatic nitrogens is 1. The third-order valence-electron chi connectivity index (χ3n) is 5.21. The van der Waals surface area contributed by atoms with Crippen molar-refractivity contribution >= 4 is 15.9 Å². The molecule has 3 heterocycles. The Bertz CT molecular complexity index is 954. The molecule has 0 spiro atoms. The first kappa shape index (κ1) is 20.1. The van der Waals surface area contributed by atoms with Crippen LogP contribution in [-0.2, 0) is 19.5 Å². The summed E-state index contributed by atoms with van der Waals surface area (Å²) in [6, 6.07) is 11.2. The molecule has 2 aliphatic rings. The van der Waals surface area contributed by atoms with Gasteiger partial charge in [-0.05, 0) is 18.6 Å². The minimum absolute atomic E-state index is 0.101. The van der Waals surface area contributed by atoms with Crippen LogP contribution < -0.4 is 0 Å². The fourth-order valence-electron chi connectivity index (χ4n) is 3.72. The second-order valence-corrected chi connectivity index (χ2v) is 9.26. The Labute approximate surface area is 170 Å². The fraction of sp³-hybridized carbons (Fsp3) is 0.450. The molecule has 29 heavy (non-hydrogen) atoms. The molecule has 2 saturated heterocycles. The number of hydrogen-bond acceptors (Lipinski definition) is 5. The van der Waals surface area contributed by atoms with Crippen LogP contribution in [0.3, 0.4) is 0 Å². The van der Waals surface area contributed by atoms with Crippen molar-refractivity contribution in [3.05, 3.63) is 53.9 Å². The van der Waals surface area contributed by atoms with Crippen LogP contribution >= 0.6 is 0 Å². The Balaban J connectivity index is 1.51. The number of H-pyrrole nitrogens is 1. The van der Waals surface area contributed by atoms with E-state index in [0.29, 0.717) is 39.4 Å². The minimum atomic E-state index is -3.64. The van der Waals surface area contributed by atoms with Crippen LogP contribution in [-0.4, -0.2) is 74.0 Å². The number of hydrogen-bond donors (Lipinski definition) is 1. The molecule has 2 atom stereocenters. The summed E-state index contributed by atoms with van der Waals surface area (Å²) in [4.78, 5) is 17.7. The standard InChI is InChI=1S/C20H25N3O5S/c1-15-13-22(14-19(28-15)16-5-3-2-4-6-16)20(24)18-11-17(12-21-18)29(25,26)23-7-9-27-10-8-23/h2-6,11-12,15,19,21H,7-10,13-14H2,1H3. The van der Waals surface area contributed by atoms with Gasteiger partial charge in [-0.15, -0.1) is 0 Å². The Hall–Kier alpha value is -2.20. The van der Waals surface area contributed by atoms with Gasteiger partial charge < -0.3 is 19.4 Å². The number of rotatable bonds is 4. The van der Waals surface area contributed by atoms with Gasteiger partial charge in [0.25, 0.3) is 5.91 Å². The average Bonchev–Trinajstić information content (AvgIpc) is 3.25. The summed E-state index contributed by atoms with van der Waals surface area (Å²) in [5, 5.41) is 0. The maximum absolute atomic E-state index is 13.0. The minimum Gasteiger partial charge on any atom is -0.379 e. The highest BCUT2D eigenvalue weighted by Gasteiger charge is 2.32. The van der Waals surface area contributed by atoms with Gasteiger partial charge in [0.1, 0.15) is 16.7 Å². The molecule has 1 amide bonds. The lowest BCUT2D eigenvalue weighted by Gasteiger charge is -2.36. The first-order chi connectivity index (χ1) is 13.9. The van der Waals surface area contributed by atoms with E-state index < -0.39 is 10.0 Å². The van der Waals surface area contributed by atoms with Crippen molar-refractivity contribution in [2.24, 2.45) is 0 Å². The van der Waals surface area contributed by atoms with E-state index in [2.05, 4.69) is 4.98 Å². The van der Waals surface area contributed by atoms with E-state index >= 15 is 0 Å². The smallest absolute Gasteiger partial charge is 0.270 e. The summed E-state index contributed by atoms with van der Waals surface area (Å²) in [5.74, 6) is -0.232. The maximum Gasteiger partial charge on any atom is 0.270 e. The zero-order valence-corrected chi connectivity index (χ0v) is 17.1. The molecule has 1 N–H and O–H groups in total. The molecular weight excluding hydrogens is 394 g/mol. The molecule has 156 valence electrons. The van der Waals surface area contributed by atoms with E-state index in [9.17, 15) is 13.2 Å². The molecule has 9 heteroatoms. The first-order valence-electron chi connectivity index (χ1n) is 9.71. The van der Waals surface area contributed by atoms with E-state index in [0.717, 1.165) is 5.56 Å². The summed E-state index contributed by atoms with van der Waals surface area (Å²) < 4.78 is 38.2. The molecular formula is C20H25N3O5S. The van der Waals surface area contributed by atoms with Crippen molar-refractivity contribution in [2.75, 3.05) is 39.4 Å². The van der Waals surface area contributed by atoms with E-state index in [1.165, 1.54) is 16.6 Å². The summed E-state index contributed by atoms with van der Waals surface area (Å²) in [7, 11) is -3.64. The highest BCUT2D eigenvalue weighted by Crippen LogP contribution is 2.26. The van der Waals surface area contributed by atoms with E-state index in [-0.39, 0.29) is 28.7 Å². The second-order valence-electron chi connectivity index (χ2n) is 7.32. The lowest BCUT2D eigenvalue weighted by molar-refractivity contribution is -0.0692. The van der Waals surface area contributed by atoms with Crippen molar-refractivity contribution in [3.8, 4) is 0 Å². The van der Waals surface area contributed by atoms with Gasteiger partial charge in [-0.2, -0.15) is 4.31 Å². The van der Waals surface area contributed by atoms with Crippen molar-refractivity contribution in [2.45, 2.75) is 24.0 Å². The van der Waals surface area contributed by atoms with E-state index in [1.807, 2.05) is 37.3 Å². The number of aromatic amines is 1. The molecule has 1 aromatic carbocycles. The zero-order chi connectivity index (χ0) is 20.4. The van der Waals surface area contributed by atoms with Gasteiger partial charge in [-0.1, -0.05) is 30.3 Å². The van der Waals surface area contributed by atoms with Gasteiger partial charge in [-0.25, -0.2) is 8.42 Å². The quantitative estimate of drug-likeness (QED) is 0.813. The predicted octanol–water partition coefficient (Wildman–Crippen LogP) is 1.64. The highest BCUT2D eigenvalue weighted by molar-refractivity contribution is 7.89. The third kappa shape index (κ3) is 4.23. The van der Waals surface area contributed by atoms with Gasteiger partial charge in [0.2, 0.25) is 10.0 Å². The molecule has 0 radical (unpaired) electrons. The predicted molar refractivity (Wildman–Crippen MR) is 106 cm³/mol. The van der Waals surface area contributed by atoms with Crippen LogP contribution in [0.25, 0.3) is 0 Å². The molecule has 2 aliphatic heterocycles. The van der Waals surface area contributed by atoms with Gasteiger partial charge in [0.15, 0.2) is 0 Å². The topological polar surface area (TPSA) is 91.9 Å². The number of nitrogens with zero attached hydrogens (tertiary/aromatic N) is 2. The Kier molecular flexibility index (Phi) is 5.73. The number of amides is 1. The number of benzene rings is 1. The largest absolute Gasteiger partial charge is 0.379 e. The molecule has 0 bridgehead atoms. The Morgan fingerprint density at radius 3 is 2.59 bits per heavy atom. The molecule has 2 unspecified atom stereocenters. The lowest BCUT2D eigenvalue weighted by atomic mass is 10.1. The molecule has 4 rings (SSSR count). The van der Waals surface area contributed by atoms with Crippen molar-refractivity contribution in [3.63, 3.8) is 0 Å². The summed E-state index contributed by atoms with van der Waals surface area (Å²) in [6.07, 6.45) is 1.05. The molecule has 2 aromatic rings. The molecule has 1 aromatic heterocycles. The second kappa shape index (κ2) is 8.27. The molecule has 0 saturated carbocycles. The SMILES string of the molecule is CC1CN(C(=O)c2cc(S(=O)(=O)N3CCOCC3)c[nH]2)CC(c2ccccc2)O1. The number of ether oxygens (including phenoxy) is 2. The summed E-state index contributed by atoms with van der Waals surface area (Å²) >= 11 is 0. The van der Waals surface area contributed by atoms with Gasteiger partial charge in [-0.3, -0.25) is 4.79 Å². The van der Waals surface area contributed by atoms with Gasteiger partial charge in [0.05, 0.1) is 25.9 Å². The van der Waals surface area contributed by atoms with E-state index in [1.54, 1.807) is 4.90 Å². The molecule has 8 nitrogen and oxygen atoms in total. The maximum atomic E-state index is 13.0. The third-order valence-corrected chi connectivity index (χ3v) is 7.09. The number of morpholine rings is 2. The normalized spacial score (nSPS) is 23.8. The average molecular weight is 420 g/mol. The summed E-state index contributed by atoms with van der Waals surface area (Å²) in [6.45, 7) is 4.18. The van der Waals surface area contributed by atoms with Crippen molar-refractivity contribution < 1.29 is 22.7 Å². The van der Waals surface area contributed by atoms with Gasteiger partial charge >= 0.3 is 0 Å². The first-order valence-corrected chi connectivity index (χ1v) is 11.1. The van der Waals surface area contributed by atoms with Crippen LogP contribution in [0.2, 0.25) is 0 Å². The van der Waals surface area contributed by atoms with Gasteiger partial charge in [0, 0.05) is 25.8 Å². The zero-order valence-electron chi connectivity index (χ0n) is 16.3. The van der Waals surface area contributed by atoms with Crippen LogP contribution in [0.4, 0.5) is 0 Å². The van der Waals surface area contributed by atoms with Crippen LogP contribution in [0.1, 0.15) is 29.1 Å². The van der Waals surface area contributed by atoms with E-state index in [4.69, 9.17) is 9.47 Å². The number of carbonyl (C=O) groups excluding carboxylic acids is 1. The lowest BCUT2D eigenvalue weighted by Crippen LogP contribution is -2.46. The van der Waals surface area contributed by atoms with Crippen molar-refractivity contribution in [1.82, 2.24) is 14.2 Å². The number of nitrogens with one attached hydrogen (secondary N) is 1. The fourth-order valence-corrected chi connectivity index (χ4v) is 5.12. The Morgan fingerprint density at radius 1 is 1.14 bits per heavy atom. The van der Waals surface area contributed by atoms with Crippen LogP contribution in [0.5, 0.6) is 0 Å². The number of carbonyl (C=O) groups is 1. The number of sulfonamides is 1. The van der Waals surface area contributed by atoms with Crippen LogP contribution in [0, 0.1) is 0 Å². The molecule has 2 fully saturated rings. The highest BCUT2D eigenvalue weighted by atomic mass is 32.2. The Morgan fingerprint density at radius 2 is 1.86 bits per heavy atom. The molecule has 0 aliphatic carbocycles. The monoisotopic (exact) mass is 419 g/mol. The van der Waals surface area contributed by atoms with Crippen LogP contribution in [0.15, 0.2) is 47.5 Å². The van der Waals surface area contributed by atoms with Crippen molar-refractivity contribution in [1.29, 1.82) is 0 Å². The summed E-state index contributed by atoms with van der Waals surface area (Å²) in [5.41, 5.74) is 1.27.